The third-order valence-electron chi connectivity index (χ3n) is 2.52. The van der Waals surface area contributed by atoms with E-state index in [0.717, 1.165) is 32.6 Å². The van der Waals surface area contributed by atoms with E-state index in [-0.39, 0.29) is 5.41 Å². The lowest BCUT2D eigenvalue weighted by molar-refractivity contribution is 0.0347. The monoisotopic (exact) mass is 231 g/mol. The van der Waals surface area contributed by atoms with Gasteiger partial charge in [-0.1, -0.05) is 27.7 Å². The molecule has 0 aromatic carbocycles. The van der Waals surface area contributed by atoms with E-state index in [1.54, 1.807) is 0 Å². The molecule has 3 heteroatoms. The first kappa shape index (κ1) is 15.9. The van der Waals surface area contributed by atoms with Crippen LogP contribution >= 0.6 is 0 Å². The fourth-order valence-electron chi connectivity index (χ4n) is 1.29. The molecule has 0 aromatic heterocycles. The normalized spacial score (nSPS) is 12.4. The van der Waals surface area contributed by atoms with Gasteiger partial charge >= 0.3 is 0 Å². The van der Waals surface area contributed by atoms with Crippen molar-refractivity contribution in [3.05, 3.63) is 0 Å². The third-order valence-corrected chi connectivity index (χ3v) is 2.52. The first-order chi connectivity index (χ1) is 7.48. The van der Waals surface area contributed by atoms with Crippen LogP contribution in [0.2, 0.25) is 0 Å². The summed E-state index contributed by atoms with van der Waals surface area (Å²) in [5, 5.41) is 0. The van der Waals surface area contributed by atoms with Crippen molar-refractivity contribution in [3.63, 3.8) is 0 Å². The quantitative estimate of drug-likeness (QED) is 0.587. The van der Waals surface area contributed by atoms with Gasteiger partial charge in [-0.2, -0.15) is 0 Å². The molecule has 2 N–H and O–H groups in total. The van der Waals surface area contributed by atoms with Gasteiger partial charge in [0, 0.05) is 13.2 Å². The van der Waals surface area contributed by atoms with E-state index in [9.17, 15) is 0 Å². The Hall–Kier alpha value is -0.120. The van der Waals surface area contributed by atoms with Crippen LogP contribution < -0.4 is 5.73 Å². The largest absolute Gasteiger partial charge is 0.379 e. The molecule has 0 aliphatic heterocycles. The fraction of sp³-hybridized carbons (Fsp3) is 1.00. The van der Waals surface area contributed by atoms with Crippen molar-refractivity contribution >= 4 is 0 Å². The Morgan fingerprint density at radius 3 is 2.25 bits per heavy atom. The van der Waals surface area contributed by atoms with Gasteiger partial charge in [0.1, 0.15) is 0 Å². The molecular formula is C13H29NO2. The molecule has 16 heavy (non-hydrogen) atoms. The number of nitrogens with two attached hydrogens (primary N) is 1. The molecule has 0 heterocycles. The van der Waals surface area contributed by atoms with Crippen LogP contribution in [0.25, 0.3) is 0 Å². The van der Waals surface area contributed by atoms with Gasteiger partial charge in [0.05, 0.1) is 13.2 Å². The van der Waals surface area contributed by atoms with Gasteiger partial charge in [0.15, 0.2) is 0 Å². The molecule has 0 radical (unpaired) electrons. The van der Waals surface area contributed by atoms with Crippen molar-refractivity contribution in [2.75, 3.05) is 33.0 Å². The average molecular weight is 231 g/mol. The molecule has 0 aromatic rings. The Labute approximate surface area is 101 Å². The smallest absolute Gasteiger partial charge is 0.0700 e. The van der Waals surface area contributed by atoms with Gasteiger partial charge in [-0.25, -0.2) is 0 Å². The van der Waals surface area contributed by atoms with Gasteiger partial charge in [0.2, 0.25) is 0 Å². The van der Waals surface area contributed by atoms with E-state index >= 15 is 0 Å². The maximum Gasteiger partial charge on any atom is 0.0700 e. The summed E-state index contributed by atoms with van der Waals surface area (Å²) in [6.45, 7) is 12.5. The molecule has 3 nitrogen and oxygen atoms in total. The highest BCUT2D eigenvalue weighted by molar-refractivity contribution is 4.68. The summed E-state index contributed by atoms with van der Waals surface area (Å²) in [5.74, 6) is 0.602. The van der Waals surface area contributed by atoms with Gasteiger partial charge in [-0.05, 0) is 30.7 Å². The lowest BCUT2D eigenvalue weighted by atomic mass is 9.88. The fourth-order valence-corrected chi connectivity index (χ4v) is 1.29. The zero-order valence-corrected chi connectivity index (χ0v) is 11.4. The first-order valence-electron chi connectivity index (χ1n) is 6.33. The second-order valence-corrected chi connectivity index (χ2v) is 5.55. The number of ether oxygens (including phenoxy) is 2. The Morgan fingerprint density at radius 2 is 1.69 bits per heavy atom. The van der Waals surface area contributed by atoms with Crippen LogP contribution in [-0.4, -0.2) is 33.0 Å². The Kier molecular flexibility index (Phi) is 8.90. The second-order valence-electron chi connectivity index (χ2n) is 5.55. The predicted octanol–water partition coefficient (Wildman–Crippen LogP) is 2.44. The zero-order chi connectivity index (χ0) is 12.4. The van der Waals surface area contributed by atoms with Crippen molar-refractivity contribution in [2.45, 2.75) is 40.5 Å². The van der Waals surface area contributed by atoms with Crippen LogP contribution in [0.15, 0.2) is 0 Å². The van der Waals surface area contributed by atoms with Crippen LogP contribution in [0.4, 0.5) is 0 Å². The molecule has 0 fully saturated rings. The molecule has 0 unspecified atom stereocenters. The van der Waals surface area contributed by atoms with Crippen LogP contribution in [-0.2, 0) is 9.47 Å². The molecule has 0 spiro atoms. The summed E-state index contributed by atoms with van der Waals surface area (Å²) in [5.41, 5.74) is 5.90. The van der Waals surface area contributed by atoms with E-state index < -0.39 is 0 Å². The van der Waals surface area contributed by atoms with Gasteiger partial charge in [0.25, 0.3) is 0 Å². The topological polar surface area (TPSA) is 44.5 Å². The summed E-state index contributed by atoms with van der Waals surface area (Å²) < 4.78 is 10.9. The molecule has 0 saturated carbocycles. The molecule has 0 bridgehead atoms. The number of hydrogen-bond donors (Lipinski definition) is 1. The molecule has 0 aliphatic carbocycles. The summed E-state index contributed by atoms with van der Waals surface area (Å²) in [6.07, 6.45) is 2.20. The molecule has 0 aliphatic rings. The molecule has 0 atom stereocenters. The summed E-state index contributed by atoms with van der Waals surface area (Å²) >= 11 is 0. The van der Waals surface area contributed by atoms with E-state index in [0.29, 0.717) is 19.1 Å². The predicted molar refractivity (Wildman–Crippen MR) is 68.5 cm³/mol. The van der Waals surface area contributed by atoms with Crippen molar-refractivity contribution in [1.29, 1.82) is 0 Å². The summed E-state index contributed by atoms with van der Waals surface area (Å²) in [4.78, 5) is 0. The van der Waals surface area contributed by atoms with E-state index in [1.165, 1.54) is 0 Å². The van der Waals surface area contributed by atoms with Crippen molar-refractivity contribution < 1.29 is 9.47 Å². The zero-order valence-electron chi connectivity index (χ0n) is 11.4. The van der Waals surface area contributed by atoms with Crippen LogP contribution in [0.3, 0.4) is 0 Å². The summed E-state index contributed by atoms with van der Waals surface area (Å²) in [6, 6.07) is 0. The third kappa shape index (κ3) is 10.4. The second kappa shape index (κ2) is 8.97. The molecule has 98 valence electrons. The maximum atomic E-state index is 5.65. The lowest BCUT2D eigenvalue weighted by Gasteiger charge is -2.21. The minimum Gasteiger partial charge on any atom is -0.379 e. The van der Waals surface area contributed by atoms with E-state index in [2.05, 4.69) is 27.7 Å². The van der Waals surface area contributed by atoms with Crippen molar-refractivity contribution in [3.8, 4) is 0 Å². The SMILES string of the molecule is CC(C)COCCOCCCC(C)(C)CN. The number of hydrogen-bond acceptors (Lipinski definition) is 3. The highest BCUT2D eigenvalue weighted by Gasteiger charge is 2.14. The van der Waals surface area contributed by atoms with Crippen LogP contribution in [0.1, 0.15) is 40.5 Å². The van der Waals surface area contributed by atoms with Crippen LogP contribution in [0, 0.1) is 11.3 Å². The Morgan fingerprint density at radius 1 is 1.06 bits per heavy atom. The van der Waals surface area contributed by atoms with E-state index in [4.69, 9.17) is 15.2 Å². The van der Waals surface area contributed by atoms with Crippen molar-refractivity contribution in [1.82, 2.24) is 0 Å². The van der Waals surface area contributed by atoms with Crippen LogP contribution in [0.5, 0.6) is 0 Å². The first-order valence-corrected chi connectivity index (χ1v) is 6.33. The van der Waals surface area contributed by atoms with Crippen molar-refractivity contribution in [2.24, 2.45) is 17.1 Å². The van der Waals surface area contributed by atoms with Gasteiger partial charge in [-0.3, -0.25) is 0 Å². The molecule has 0 rings (SSSR count). The molecule has 0 saturated heterocycles. The minimum atomic E-state index is 0.248. The average Bonchev–Trinajstić information content (AvgIpc) is 2.21. The van der Waals surface area contributed by atoms with Gasteiger partial charge < -0.3 is 15.2 Å². The maximum absolute atomic E-state index is 5.65. The standard InChI is InChI=1S/C13H29NO2/c1-12(2)10-16-9-8-15-7-5-6-13(3,4)11-14/h12H,5-11,14H2,1-4H3. The lowest BCUT2D eigenvalue weighted by Crippen LogP contribution is -2.23. The summed E-state index contributed by atoms with van der Waals surface area (Å²) in [7, 11) is 0. The molecular weight excluding hydrogens is 202 g/mol. The number of rotatable bonds is 10. The minimum absolute atomic E-state index is 0.248. The highest BCUT2D eigenvalue weighted by Crippen LogP contribution is 2.19. The molecule has 0 amide bonds. The Bertz CT molecular complexity index is 158. The Balaban J connectivity index is 3.16. The highest BCUT2D eigenvalue weighted by atomic mass is 16.5. The van der Waals surface area contributed by atoms with Gasteiger partial charge in [-0.15, -0.1) is 0 Å². The van der Waals surface area contributed by atoms with E-state index in [1.807, 2.05) is 0 Å².